The molecule has 2 aliphatic rings. The minimum absolute atomic E-state index is 0.0165. The van der Waals surface area contributed by atoms with E-state index in [0.29, 0.717) is 38.0 Å². The van der Waals surface area contributed by atoms with E-state index >= 15 is 0 Å². The van der Waals surface area contributed by atoms with Crippen LogP contribution in [-0.2, 0) is 4.79 Å². The summed E-state index contributed by atoms with van der Waals surface area (Å²) in [7, 11) is 1.56. The maximum atomic E-state index is 13.2. The summed E-state index contributed by atoms with van der Waals surface area (Å²) in [6.07, 6.45) is 0.955. The Hall–Kier alpha value is -2.89. The van der Waals surface area contributed by atoms with Gasteiger partial charge in [-0.3, -0.25) is 14.5 Å². The number of nitrogens with zero attached hydrogens (tertiary/aromatic N) is 3. The number of fused-ring (bicyclic) bond motifs is 1. The van der Waals surface area contributed by atoms with Crippen molar-refractivity contribution >= 4 is 28.6 Å². The molecule has 29 heavy (non-hydrogen) atoms. The molecular formula is C23H27N3O3. The quantitative estimate of drug-likeness (QED) is 0.751. The number of amides is 4. The standard InChI is InChI=1S/C23H27N3O3/c1-16(2)15-26-22(29)24(3)21(28)23(26)11-13-25(14-12-23)20(27)19-10-6-8-17-7-4-5-9-18(17)19/h4-10,16H,11-15H2,1-3H3. The molecule has 6 nitrogen and oxygen atoms in total. The zero-order valence-corrected chi connectivity index (χ0v) is 17.2. The van der Waals surface area contributed by atoms with Crippen molar-refractivity contribution in [1.82, 2.24) is 14.7 Å². The molecule has 4 rings (SSSR count). The number of benzene rings is 2. The molecule has 152 valence electrons. The highest BCUT2D eigenvalue weighted by Crippen LogP contribution is 2.37. The fourth-order valence-corrected chi connectivity index (χ4v) is 4.64. The van der Waals surface area contributed by atoms with Gasteiger partial charge in [-0.05, 0) is 35.6 Å². The largest absolute Gasteiger partial charge is 0.338 e. The molecule has 0 aliphatic carbocycles. The molecule has 2 aliphatic heterocycles. The third-order valence-electron chi connectivity index (χ3n) is 6.18. The Morgan fingerprint density at radius 3 is 2.38 bits per heavy atom. The second kappa shape index (κ2) is 7.17. The topological polar surface area (TPSA) is 60.9 Å². The van der Waals surface area contributed by atoms with Crippen LogP contribution in [-0.4, -0.2) is 64.8 Å². The normalized spacial score (nSPS) is 19.1. The summed E-state index contributed by atoms with van der Waals surface area (Å²) in [5, 5.41) is 1.97. The highest BCUT2D eigenvalue weighted by Gasteiger charge is 2.57. The maximum Gasteiger partial charge on any atom is 0.327 e. The molecule has 2 fully saturated rings. The molecule has 2 saturated heterocycles. The Morgan fingerprint density at radius 1 is 1.03 bits per heavy atom. The predicted octanol–water partition coefficient (Wildman–Crippen LogP) is 3.36. The lowest BCUT2D eigenvalue weighted by Crippen LogP contribution is -2.58. The Kier molecular flexibility index (Phi) is 4.81. The first-order valence-electron chi connectivity index (χ1n) is 10.2. The van der Waals surface area contributed by atoms with Gasteiger partial charge in [0, 0.05) is 32.2 Å². The fraction of sp³-hybridized carbons (Fsp3) is 0.435. The minimum Gasteiger partial charge on any atom is -0.338 e. The molecule has 2 heterocycles. The monoisotopic (exact) mass is 393 g/mol. The van der Waals surface area contributed by atoms with Gasteiger partial charge in [0.05, 0.1) is 0 Å². The number of carbonyl (C=O) groups is 3. The summed E-state index contributed by atoms with van der Waals surface area (Å²) >= 11 is 0. The van der Waals surface area contributed by atoms with Crippen molar-refractivity contribution < 1.29 is 14.4 Å². The van der Waals surface area contributed by atoms with Gasteiger partial charge in [-0.2, -0.15) is 0 Å². The van der Waals surface area contributed by atoms with Crippen molar-refractivity contribution in [3.8, 4) is 0 Å². The van der Waals surface area contributed by atoms with Crippen LogP contribution in [0.15, 0.2) is 42.5 Å². The highest BCUT2D eigenvalue weighted by atomic mass is 16.2. The van der Waals surface area contributed by atoms with Crippen molar-refractivity contribution in [2.45, 2.75) is 32.2 Å². The molecule has 2 aromatic rings. The van der Waals surface area contributed by atoms with E-state index in [1.165, 1.54) is 4.90 Å². The highest BCUT2D eigenvalue weighted by molar-refractivity contribution is 6.08. The summed E-state index contributed by atoms with van der Waals surface area (Å²) < 4.78 is 0. The predicted molar refractivity (Wildman–Crippen MR) is 112 cm³/mol. The molecule has 0 atom stereocenters. The Balaban J connectivity index is 1.57. The van der Waals surface area contributed by atoms with E-state index in [2.05, 4.69) is 0 Å². The van der Waals surface area contributed by atoms with Crippen LogP contribution in [0.5, 0.6) is 0 Å². The van der Waals surface area contributed by atoms with Gasteiger partial charge in [0.1, 0.15) is 5.54 Å². The molecule has 2 aromatic carbocycles. The summed E-state index contributed by atoms with van der Waals surface area (Å²) in [5.74, 6) is 0.114. The third-order valence-corrected chi connectivity index (χ3v) is 6.18. The first-order chi connectivity index (χ1) is 13.8. The number of imide groups is 1. The van der Waals surface area contributed by atoms with Crippen LogP contribution in [0.3, 0.4) is 0 Å². The van der Waals surface area contributed by atoms with Crippen molar-refractivity contribution in [2.75, 3.05) is 26.7 Å². The van der Waals surface area contributed by atoms with E-state index in [-0.39, 0.29) is 23.8 Å². The Labute approximate surface area is 171 Å². The summed E-state index contributed by atoms with van der Waals surface area (Å²) in [5.41, 5.74) is -0.130. The smallest absolute Gasteiger partial charge is 0.327 e. The number of carbonyl (C=O) groups excluding carboxylic acids is 3. The van der Waals surface area contributed by atoms with Gasteiger partial charge < -0.3 is 9.80 Å². The van der Waals surface area contributed by atoms with E-state index < -0.39 is 5.54 Å². The number of rotatable bonds is 3. The number of hydrogen-bond donors (Lipinski definition) is 0. The van der Waals surface area contributed by atoms with Crippen LogP contribution < -0.4 is 0 Å². The summed E-state index contributed by atoms with van der Waals surface area (Å²) in [6.45, 7) is 5.56. The maximum absolute atomic E-state index is 13.2. The molecule has 0 saturated carbocycles. The third kappa shape index (κ3) is 3.07. The molecule has 0 radical (unpaired) electrons. The number of urea groups is 1. The van der Waals surface area contributed by atoms with E-state index in [4.69, 9.17) is 0 Å². The van der Waals surface area contributed by atoms with Gasteiger partial charge >= 0.3 is 6.03 Å². The molecule has 6 heteroatoms. The number of likely N-dealkylation sites (tertiary alicyclic amines) is 1. The Morgan fingerprint density at radius 2 is 1.69 bits per heavy atom. The molecule has 0 aromatic heterocycles. The second-order valence-electron chi connectivity index (χ2n) is 8.50. The van der Waals surface area contributed by atoms with E-state index in [1.54, 1.807) is 11.9 Å². The lowest BCUT2D eigenvalue weighted by Gasteiger charge is -2.42. The van der Waals surface area contributed by atoms with Crippen LogP contribution in [0.25, 0.3) is 10.8 Å². The molecule has 0 N–H and O–H groups in total. The average molecular weight is 393 g/mol. The fourth-order valence-electron chi connectivity index (χ4n) is 4.64. The zero-order chi connectivity index (χ0) is 20.8. The van der Waals surface area contributed by atoms with Crippen molar-refractivity contribution in [2.24, 2.45) is 5.92 Å². The molecule has 4 amide bonds. The first kappa shape index (κ1) is 19.4. The number of hydrogen-bond acceptors (Lipinski definition) is 3. The van der Waals surface area contributed by atoms with Gasteiger partial charge in [-0.1, -0.05) is 50.2 Å². The number of piperidine rings is 1. The van der Waals surface area contributed by atoms with E-state index in [1.807, 2.05) is 61.2 Å². The SMILES string of the molecule is CC(C)CN1C(=O)N(C)C(=O)C12CCN(C(=O)c1cccc3ccccc13)CC2. The second-order valence-corrected chi connectivity index (χ2v) is 8.50. The van der Waals surface area contributed by atoms with Gasteiger partial charge in [-0.25, -0.2) is 4.79 Å². The van der Waals surface area contributed by atoms with Gasteiger partial charge in [0.25, 0.3) is 11.8 Å². The lowest BCUT2D eigenvalue weighted by molar-refractivity contribution is -0.134. The first-order valence-corrected chi connectivity index (χ1v) is 10.2. The molecule has 0 bridgehead atoms. The van der Waals surface area contributed by atoms with E-state index in [9.17, 15) is 14.4 Å². The van der Waals surface area contributed by atoms with Crippen LogP contribution in [0.1, 0.15) is 37.0 Å². The summed E-state index contributed by atoms with van der Waals surface area (Å²) in [4.78, 5) is 43.7. The van der Waals surface area contributed by atoms with Crippen LogP contribution in [0, 0.1) is 5.92 Å². The van der Waals surface area contributed by atoms with Crippen LogP contribution in [0.4, 0.5) is 4.79 Å². The van der Waals surface area contributed by atoms with Gasteiger partial charge in [0.15, 0.2) is 0 Å². The molecule has 0 unspecified atom stereocenters. The number of likely N-dealkylation sites (N-methyl/N-ethyl adjacent to an activating group) is 1. The van der Waals surface area contributed by atoms with Crippen molar-refractivity contribution in [3.05, 3.63) is 48.0 Å². The van der Waals surface area contributed by atoms with Crippen LogP contribution >= 0.6 is 0 Å². The van der Waals surface area contributed by atoms with Gasteiger partial charge in [0.2, 0.25) is 0 Å². The van der Waals surface area contributed by atoms with Crippen molar-refractivity contribution in [1.29, 1.82) is 0 Å². The molecule has 1 spiro atoms. The van der Waals surface area contributed by atoms with Crippen molar-refractivity contribution in [3.63, 3.8) is 0 Å². The average Bonchev–Trinajstić information content (AvgIpc) is 2.89. The van der Waals surface area contributed by atoms with Gasteiger partial charge in [-0.15, -0.1) is 0 Å². The van der Waals surface area contributed by atoms with E-state index in [0.717, 1.165) is 10.8 Å². The zero-order valence-electron chi connectivity index (χ0n) is 17.2. The van der Waals surface area contributed by atoms with Crippen LogP contribution in [0.2, 0.25) is 0 Å². The summed E-state index contributed by atoms with van der Waals surface area (Å²) in [6, 6.07) is 13.4. The lowest BCUT2D eigenvalue weighted by atomic mass is 9.85. The molecular weight excluding hydrogens is 366 g/mol. The Bertz CT molecular complexity index is 971. The minimum atomic E-state index is -0.814.